The van der Waals surface area contributed by atoms with Gasteiger partial charge in [0.15, 0.2) is 11.5 Å². The molecule has 0 unspecified atom stereocenters. The fourth-order valence-corrected chi connectivity index (χ4v) is 1.00. The van der Waals surface area contributed by atoms with Crippen LogP contribution in [0.3, 0.4) is 0 Å². The molecule has 0 aliphatic carbocycles. The average Bonchev–Trinajstić information content (AvgIpc) is 2.08. The second-order valence-corrected chi connectivity index (χ2v) is 2.48. The summed E-state index contributed by atoms with van der Waals surface area (Å²) in [6.07, 6.45) is 0. The van der Waals surface area contributed by atoms with Gasteiger partial charge in [0.2, 0.25) is 5.82 Å². The lowest BCUT2D eigenvalue weighted by Crippen LogP contribution is -2.05. The minimum atomic E-state index is -0.453. The van der Waals surface area contributed by atoms with Crippen LogP contribution in [-0.4, -0.2) is 22.1 Å². The van der Waals surface area contributed by atoms with E-state index >= 15 is 0 Å². The molecule has 0 bridgehead atoms. The van der Waals surface area contributed by atoms with Crippen LogP contribution in [0.2, 0.25) is 0 Å². The van der Waals surface area contributed by atoms with Gasteiger partial charge in [-0.3, -0.25) is 0 Å². The maximum Gasteiger partial charge on any atom is 0.206 e. The molecule has 0 aliphatic rings. The lowest BCUT2D eigenvalue weighted by Gasteiger charge is -2.07. The monoisotopic (exact) mass is 168 g/mol. The summed E-state index contributed by atoms with van der Waals surface area (Å²) in [6.45, 7) is 0. The van der Waals surface area contributed by atoms with Crippen LogP contribution in [0.4, 0.5) is 4.39 Å². The van der Waals surface area contributed by atoms with E-state index in [0.29, 0.717) is 0 Å². The van der Waals surface area contributed by atoms with Crippen molar-refractivity contribution < 1.29 is 13.9 Å². The van der Waals surface area contributed by atoms with Gasteiger partial charge in [-0.1, -0.05) is 5.46 Å². The number of methoxy groups -OCH3 is 2. The Morgan fingerprint density at radius 3 is 1.92 bits per heavy atom. The lowest BCUT2D eigenvalue weighted by atomic mass is 9.96. The largest absolute Gasteiger partial charge is 0.494 e. The molecule has 0 heterocycles. The quantitative estimate of drug-likeness (QED) is 0.583. The van der Waals surface area contributed by atoms with Crippen LogP contribution < -0.4 is 14.9 Å². The predicted molar refractivity (Wildman–Crippen MR) is 47.7 cm³/mol. The van der Waals surface area contributed by atoms with Gasteiger partial charge in [0, 0.05) is 0 Å². The Kier molecular flexibility index (Phi) is 2.58. The third kappa shape index (κ3) is 1.52. The molecule has 2 nitrogen and oxygen atoms in total. The van der Waals surface area contributed by atoms with Crippen molar-refractivity contribution in [2.24, 2.45) is 0 Å². The van der Waals surface area contributed by atoms with Crippen molar-refractivity contribution in [1.29, 1.82) is 0 Å². The van der Waals surface area contributed by atoms with Crippen LogP contribution in [0.15, 0.2) is 12.1 Å². The highest BCUT2D eigenvalue weighted by atomic mass is 19.1. The second kappa shape index (κ2) is 3.47. The molecular weight excluding hydrogens is 158 g/mol. The van der Waals surface area contributed by atoms with Crippen molar-refractivity contribution in [3.05, 3.63) is 17.9 Å². The summed E-state index contributed by atoms with van der Waals surface area (Å²) >= 11 is 0. The Bertz CT molecular complexity index is 263. The molecule has 0 radical (unpaired) electrons. The molecule has 0 spiro atoms. The molecule has 64 valence electrons. The molecule has 1 aromatic carbocycles. The van der Waals surface area contributed by atoms with Gasteiger partial charge in [-0.05, 0) is 12.1 Å². The van der Waals surface area contributed by atoms with Gasteiger partial charge in [0.25, 0.3) is 0 Å². The van der Waals surface area contributed by atoms with Gasteiger partial charge in [-0.2, -0.15) is 4.39 Å². The highest BCUT2D eigenvalue weighted by Gasteiger charge is 2.09. The standard InChI is InChI=1S/C8H10BFO2/c1-11-6-3-5(9)4-7(12-2)8(6)10/h3-4H,9H2,1-2H3. The van der Waals surface area contributed by atoms with E-state index in [0.717, 1.165) is 5.46 Å². The first-order valence-corrected chi connectivity index (χ1v) is 3.57. The van der Waals surface area contributed by atoms with Gasteiger partial charge in [0.1, 0.15) is 7.85 Å². The Hall–Kier alpha value is -1.19. The van der Waals surface area contributed by atoms with Crippen LogP contribution in [-0.2, 0) is 0 Å². The van der Waals surface area contributed by atoms with E-state index in [1.165, 1.54) is 14.2 Å². The zero-order valence-corrected chi connectivity index (χ0v) is 7.35. The molecule has 0 aromatic heterocycles. The molecule has 0 saturated carbocycles. The topological polar surface area (TPSA) is 18.5 Å². The predicted octanol–water partition coefficient (Wildman–Crippen LogP) is 0.101. The van der Waals surface area contributed by atoms with Crippen LogP contribution in [0.5, 0.6) is 11.5 Å². The van der Waals surface area contributed by atoms with Crippen molar-refractivity contribution in [2.75, 3.05) is 14.2 Å². The van der Waals surface area contributed by atoms with Gasteiger partial charge < -0.3 is 9.47 Å². The first kappa shape index (κ1) is 8.91. The zero-order chi connectivity index (χ0) is 9.14. The molecule has 4 heteroatoms. The van der Waals surface area contributed by atoms with Gasteiger partial charge >= 0.3 is 0 Å². The Morgan fingerprint density at radius 2 is 1.58 bits per heavy atom. The summed E-state index contributed by atoms with van der Waals surface area (Å²) in [5, 5.41) is 0. The van der Waals surface area contributed by atoms with Crippen molar-refractivity contribution in [1.82, 2.24) is 0 Å². The van der Waals surface area contributed by atoms with E-state index in [4.69, 9.17) is 9.47 Å². The molecule has 1 aromatic rings. The number of hydrogen-bond acceptors (Lipinski definition) is 2. The van der Waals surface area contributed by atoms with Crippen LogP contribution in [0.25, 0.3) is 0 Å². The number of ether oxygens (including phenoxy) is 2. The van der Waals surface area contributed by atoms with E-state index < -0.39 is 5.82 Å². The summed E-state index contributed by atoms with van der Waals surface area (Å²) in [5.74, 6) is -0.0238. The van der Waals surface area contributed by atoms with Crippen molar-refractivity contribution in [3.8, 4) is 11.5 Å². The summed E-state index contributed by atoms with van der Waals surface area (Å²) in [4.78, 5) is 0. The summed E-state index contributed by atoms with van der Waals surface area (Å²) < 4.78 is 22.8. The third-order valence-electron chi connectivity index (χ3n) is 1.59. The van der Waals surface area contributed by atoms with E-state index in [1.54, 1.807) is 12.1 Å². The van der Waals surface area contributed by atoms with E-state index in [9.17, 15) is 4.39 Å². The summed E-state index contributed by atoms with van der Waals surface area (Å²) in [5.41, 5.74) is 0.908. The summed E-state index contributed by atoms with van der Waals surface area (Å²) in [7, 11) is 4.71. The molecule has 0 atom stereocenters. The maximum atomic E-state index is 13.2. The normalized spacial score (nSPS) is 9.58. The van der Waals surface area contributed by atoms with Crippen molar-refractivity contribution in [3.63, 3.8) is 0 Å². The molecule has 0 amide bonds. The minimum Gasteiger partial charge on any atom is -0.494 e. The number of halogens is 1. The van der Waals surface area contributed by atoms with Gasteiger partial charge in [-0.15, -0.1) is 0 Å². The molecule has 1 rings (SSSR count). The average molecular weight is 168 g/mol. The third-order valence-corrected chi connectivity index (χ3v) is 1.59. The maximum absolute atomic E-state index is 13.2. The van der Waals surface area contributed by atoms with Crippen molar-refractivity contribution in [2.45, 2.75) is 0 Å². The SMILES string of the molecule is Bc1cc(OC)c(F)c(OC)c1. The van der Waals surface area contributed by atoms with E-state index in [-0.39, 0.29) is 11.5 Å². The minimum absolute atomic E-state index is 0.215. The molecular formula is C8H10BFO2. The Labute approximate surface area is 71.7 Å². The lowest BCUT2D eigenvalue weighted by molar-refractivity contribution is 0.351. The Morgan fingerprint density at radius 1 is 1.17 bits per heavy atom. The molecule has 0 aliphatic heterocycles. The van der Waals surface area contributed by atoms with Gasteiger partial charge in [0.05, 0.1) is 14.2 Å². The molecule has 0 saturated heterocycles. The fraction of sp³-hybridized carbons (Fsp3) is 0.250. The van der Waals surface area contributed by atoms with Crippen molar-refractivity contribution >= 4 is 13.3 Å². The van der Waals surface area contributed by atoms with Crippen LogP contribution in [0.1, 0.15) is 0 Å². The highest BCUT2D eigenvalue weighted by Crippen LogP contribution is 2.23. The first-order valence-electron chi connectivity index (χ1n) is 3.57. The Balaban J connectivity index is 3.22. The van der Waals surface area contributed by atoms with Crippen LogP contribution >= 0.6 is 0 Å². The molecule has 0 fully saturated rings. The number of benzene rings is 1. The van der Waals surface area contributed by atoms with E-state index in [2.05, 4.69) is 0 Å². The number of hydrogen-bond donors (Lipinski definition) is 0. The zero-order valence-electron chi connectivity index (χ0n) is 7.35. The first-order chi connectivity index (χ1) is 5.69. The van der Waals surface area contributed by atoms with Gasteiger partial charge in [-0.25, -0.2) is 0 Å². The highest BCUT2D eigenvalue weighted by molar-refractivity contribution is 6.32. The molecule has 12 heavy (non-hydrogen) atoms. The second-order valence-electron chi connectivity index (χ2n) is 2.48. The fourth-order valence-electron chi connectivity index (χ4n) is 1.00. The summed E-state index contributed by atoms with van der Waals surface area (Å²) in [6, 6.07) is 3.25. The van der Waals surface area contributed by atoms with E-state index in [1.807, 2.05) is 7.85 Å². The smallest absolute Gasteiger partial charge is 0.206 e. The van der Waals surface area contributed by atoms with Crippen LogP contribution in [0, 0.1) is 5.82 Å². The number of rotatable bonds is 2. The molecule has 0 N–H and O–H groups in total.